The number of hydrogen-bond donors (Lipinski definition) is 1. The van der Waals surface area contributed by atoms with Crippen molar-refractivity contribution in [3.05, 3.63) is 23.5 Å². The van der Waals surface area contributed by atoms with Crippen molar-refractivity contribution < 1.29 is 31.5 Å². The number of hydrogen-bond acceptors (Lipinski definition) is 4. The summed E-state index contributed by atoms with van der Waals surface area (Å²) in [6.45, 7) is 1.30. The van der Waals surface area contributed by atoms with Gasteiger partial charge in [0.2, 0.25) is 0 Å². The van der Waals surface area contributed by atoms with Crippen LogP contribution < -0.4 is 0 Å². The fraction of sp³-hybridized carbons (Fsp3) is 0.333. The van der Waals surface area contributed by atoms with Crippen LogP contribution in [0.3, 0.4) is 0 Å². The van der Waals surface area contributed by atoms with Crippen molar-refractivity contribution in [2.45, 2.75) is 18.0 Å². The molecule has 1 aromatic rings. The number of nitrogens with zero attached hydrogens (tertiary/aromatic N) is 1. The summed E-state index contributed by atoms with van der Waals surface area (Å²) in [5.41, 5.74) is -2.33. The van der Waals surface area contributed by atoms with E-state index in [1.54, 1.807) is 0 Å². The average Bonchev–Trinajstić information content (AvgIpc) is 2.27. The Morgan fingerprint density at radius 1 is 1.56 bits per heavy atom. The lowest BCUT2D eigenvalue weighted by Gasteiger charge is -2.11. The standard InChI is InChI=1S/C9H8F3NO4S/c1-2-17-8(14)6-3-5(18(15)16)4-13-7(6)9(10,11)12/h3-4H,2H2,1H3,(H,15,16). The average molecular weight is 283 g/mol. The van der Waals surface area contributed by atoms with E-state index in [1.807, 2.05) is 0 Å². The largest absolute Gasteiger partial charge is 0.462 e. The Morgan fingerprint density at radius 2 is 2.17 bits per heavy atom. The van der Waals surface area contributed by atoms with Gasteiger partial charge in [-0.3, -0.25) is 0 Å². The molecule has 1 N–H and O–H groups in total. The molecule has 5 nitrogen and oxygen atoms in total. The van der Waals surface area contributed by atoms with Crippen molar-refractivity contribution in [3.8, 4) is 0 Å². The molecule has 0 amide bonds. The van der Waals surface area contributed by atoms with Crippen molar-refractivity contribution in [2.75, 3.05) is 6.61 Å². The molecule has 1 heterocycles. The highest BCUT2D eigenvalue weighted by Crippen LogP contribution is 2.31. The Kier molecular flexibility index (Phi) is 4.41. The monoisotopic (exact) mass is 283 g/mol. The summed E-state index contributed by atoms with van der Waals surface area (Å²) in [6, 6.07) is 0.643. The van der Waals surface area contributed by atoms with Gasteiger partial charge < -0.3 is 9.29 Å². The van der Waals surface area contributed by atoms with Crippen LogP contribution in [0.25, 0.3) is 0 Å². The van der Waals surface area contributed by atoms with Crippen LogP contribution in [0, 0.1) is 0 Å². The number of carbonyl (C=O) groups is 1. The van der Waals surface area contributed by atoms with Gasteiger partial charge in [0.1, 0.15) is 0 Å². The van der Waals surface area contributed by atoms with E-state index in [2.05, 4.69) is 9.72 Å². The molecular formula is C9H8F3NO4S. The number of alkyl halides is 3. The van der Waals surface area contributed by atoms with Gasteiger partial charge in [0.05, 0.1) is 17.1 Å². The van der Waals surface area contributed by atoms with Crippen LogP contribution >= 0.6 is 0 Å². The quantitative estimate of drug-likeness (QED) is 0.676. The van der Waals surface area contributed by atoms with Gasteiger partial charge in [-0.15, -0.1) is 0 Å². The molecule has 0 aromatic carbocycles. The third-order valence-corrected chi connectivity index (χ3v) is 2.45. The zero-order valence-corrected chi connectivity index (χ0v) is 9.84. The van der Waals surface area contributed by atoms with Crippen LogP contribution in [-0.2, 0) is 22.0 Å². The van der Waals surface area contributed by atoms with Crippen molar-refractivity contribution in [1.82, 2.24) is 4.98 Å². The van der Waals surface area contributed by atoms with E-state index < -0.39 is 39.4 Å². The maximum absolute atomic E-state index is 12.6. The van der Waals surface area contributed by atoms with Gasteiger partial charge >= 0.3 is 12.1 Å². The van der Waals surface area contributed by atoms with Gasteiger partial charge in [-0.05, 0) is 13.0 Å². The normalized spacial score (nSPS) is 13.2. The first kappa shape index (κ1) is 14.6. The topological polar surface area (TPSA) is 76.5 Å². The molecule has 1 unspecified atom stereocenters. The minimum absolute atomic E-state index is 0.122. The van der Waals surface area contributed by atoms with E-state index in [9.17, 15) is 22.2 Å². The molecule has 0 fully saturated rings. The van der Waals surface area contributed by atoms with Crippen molar-refractivity contribution >= 4 is 17.0 Å². The molecule has 18 heavy (non-hydrogen) atoms. The molecule has 100 valence electrons. The maximum atomic E-state index is 12.6. The van der Waals surface area contributed by atoms with Crippen LogP contribution in [0.4, 0.5) is 13.2 Å². The van der Waals surface area contributed by atoms with Gasteiger partial charge in [0.15, 0.2) is 16.8 Å². The van der Waals surface area contributed by atoms with Crippen molar-refractivity contribution in [3.63, 3.8) is 0 Å². The van der Waals surface area contributed by atoms with E-state index in [0.717, 1.165) is 0 Å². The maximum Gasteiger partial charge on any atom is 0.434 e. The third kappa shape index (κ3) is 3.26. The Hall–Kier alpha value is -1.48. The van der Waals surface area contributed by atoms with Gasteiger partial charge in [0, 0.05) is 6.20 Å². The zero-order valence-electron chi connectivity index (χ0n) is 9.02. The Labute approximate surface area is 102 Å². The lowest BCUT2D eigenvalue weighted by Crippen LogP contribution is -2.18. The number of rotatable bonds is 3. The summed E-state index contributed by atoms with van der Waals surface area (Å²) in [4.78, 5) is 13.9. The van der Waals surface area contributed by atoms with Gasteiger partial charge in [-0.2, -0.15) is 13.2 Å². The van der Waals surface area contributed by atoms with Crippen LogP contribution in [-0.4, -0.2) is 26.3 Å². The first-order valence-corrected chi connectivity index (χ1v) is 5.73. The first-order chi connectivity index (χ1) is 8.27. The van der Waals surface area contributed by atoms with Crippen molar-refractivity contribution in [2.24, 2.45) is 0 Å². The summed E-state index contributed by atoms with van der Waals surface area (Å²) in [7, 11) is 0. The highest BCUT2D eigenvalue weighted by Gasteiger charge is 2.38. The summed E-state index contributed by atoms with van der Waals surface area (Å²) in [6.07, 6.45) is -4.26. The third-order valence-electron chi connectivity index (χ3n) is 1.83. The van der Waals surface area contributed by atoms with Gasteiger partial charge in [0.25, 0.3) is 0 Å². The lowest BCUT2D eigenvalue weighted by molar-refractivity contribution is -0.141. The molecule has 1 aromatic heterocycles. The second-order valence-electron chi connectivity index (χ2n) is 3.03. The summed E-state index contributed by atoms with van der Waals surface area (Å²) < 4.78 is 61.6. The van der Waals surface area contributed by atoms with E-state index in [4.69, 9.17) is 4.55 Å². The molecule has 0 aliphatic rings. The molecule has 9 heteroatoms. The summed E-state index contributed by atoms with van der Waals surface area (Å²) in [5.74, 6) is -1.25. The Morgan fingerprint density at radius 3 is 2.61 bits per heavy atom. The Bertz CT molecular complexity index is 489. The molecule has 0 aliphatic carbocycles. The summed E-state index contributed by atoms with van der Waals surface area (Å²) >= 11 is -2.53. The fourth-order valence-corrected chi connectivity index (χ4v) is 1.49. The predicted molar refractivity (Wildman–Crippen MR) is 54.2 cm³/mol. The summed E-state index contributed by atoms with van der Waals surface area (Å²) in [5, 5.41) is 0. The highest BCUT2D eigenvalue weighted by molar-refractivity contribution is 7.79. The van der Waals surface area contributed by atoms with E-state index >= 15 is 0 Å². The first-order valence-electron chi connectivity index (χ1n) is 4.62. The lowest BCUT2D eigenvalue weighted by atomic mass is 10.2. The molecule has 0 spiro atoms. The molecule has 0 saturated carbocycles. The minimum Gasteiger partial charge on any atom is -0.462 e. The molecule has 1 atom stereocenters. The number of carbonyl (C=O) groups excluding carboxylic acids is 1. The fourth-order valence-electron chi connectivity index (χ4n) is 1.13. The molecule has 0 radical (unpaired) electrons. The number of esters is 1. The zero-order chi connectivity index (χ0) is 13.9. The van der Waals surface area contributed by atoms with Crippen LogP contribution in [0.5, 0.6) is 0 Å². The number of aromatic nitrogens is 1. The molecular weight excluding hydrogens is 275 g/mol. The molecule has 1 rings (SSSR count). The second kappa shape index (κ2) is 5.44. The number of halogens is 3. The van der Waals surface area contributed by atoms with E-state index in [1.165, 1.54) is 6.92 Å². The minimum atomic E-state index is -4.85. The Balaban J connectivity index is 3.36. The molecule has 0 saturated heterocycles. The predicted octanol–water partition coefficient (Wildman–Crippen LogP) is 1.86. The SMILES string of the molecule is CCOC(=O)c1cc(S(=O)O)cnc1C(F)(F)F. The second-order valence-corrected chi connectivity index (χ2v) is 4.00. The molecule has 0 bridgehead atoms. The van der Waals surface area contributed by atoms with Crippen LogP contribution in [0.2, 0.25) is 0 Å². The highest BCUT2D eigenvalue weighted by atomic mass is 32.2. The van der Waals surface area contributed by atoms with E-state index in [-0.39, 0.29) is 6.61 Å². The van der Waals surface area contributed by atoms with Gasteiger partial charge in [-0.1, -0.05) is 0 Å². The van der Waals surface area contributed by atoms with Crippen LogP contribution in [0.1, 0.15) is 23.0 Å². The van der Waals surface area contributed by atoms with Crippen molar-refractivity contribution in [1.29, 1.82) is 0 Å². The molecule has 0 aliphatic heterocycles. The number of ether oxygens (including phenoxy) is 1. The van der Waals surface area contributed by atoms with Gasteiger partial charge in [-0.25, -0.2) is 14.0 Å². The van der Waals surface area contributed by atoms with E-state index in [0.29, 0.717) is 12.3 Å². The van der Waals surface area contributed by atoms with Crippen LogP contribution in [0.15, 0.2) is 17.2 Å². The smallest absolute Gasteiger partial charge is 0.434 e. The number of pyridine rings is 1.